The molecule has 3 heteroatoms. The van der Waals surface area contributed by atoms with Gasteiger partial charge in [-0.2, -0.15) is 0 Å². The van der Waals surface area contributed by atoms with E-state index in [1.807, 2.05) is 6.92 Å². The zero-order valence-electron chi connectivity index (χ0n) is 9.78. The van der Waals surface area contributed by atoms with Gasteiger partial charge in [-0.3, -0.25) is 4.90 Å². The fourth-order valence-electron chi connectivity index (χ4n) is 2.48. The first-order chi connectivity index (χ1) is 7.24. The lowest BCUT2D eigenvalue weighted by molar-refractivity contribution is 0.123. The van der Waals surface area contributed by atoms with Gasteiger partial charge in [0.1, 0.15) is 0 Å². The Kier molecular flexibility index (Phi) is 4.00. The Morgan fingerprint density at radius 3 is 2.73 bits per heavy atom. The second-order valence-electron chi connectivity index (χ2n) is 5.24. The quantitative estimate of drug-likeness (QED) is 0.729. The second kappa shape index (κ2) is 5.28. The summed E-state index contributed by atoms with van der Waals surface area (Å²) in [6, 6.07) is 1.47. The number of nitrogens with one attached hydrogen (secondary N) is 1. The third-order valence-electron chi connectivity index (χ3n) is 3.33. The topological polar surface area (TPSA) is 35.5 Å². The maximum atomic E-state index is 9.41. The normalized spacial score (nSPS) is 31.2. The Labute approximate surface area is 92.8 Å². The highest BCUT2D eigenvalue weighted by atomic mass is 16.3. The molecule has 0 aromatic carbocycles. The molecule has 2 atom stereocenters. The van der Waals surface area contributed by atoms with E-state index in [1.54, 1.807) is 0 Å². The summed E-state index contributed by atoms with van der Waals surface area (Å²) in [5.41, 5.74) is 0. The summed E-state index contributed by atoms with van der Waals surface area (Å²) >= 11 is 0. The van der Waals surface area contributed by atoms with Crippen molar-refractivity contribution >= 4 is 0 Å². The number of β-amino-alcohol motifs (C(OH)–C–C–N with tert-alkyl or cyclic N) is 1. The van der Waals surface area contributed by atoms with Gasteiger partial charge < -0.3 is 10.4 Å². The largest absolute Gasteiger partial charge is 0.392 e. The van der Waals surface area contributed by atoms with Crippen LogP contribution in [-0.2, 0) is 0 Å². The molecule has 2 rings (SSSR count). The average molecular weight is 212 g/mol. The molecule has 1 aliphatic carbocycles. The fourth-order valence-corrected chi connectivity index (χ4v) is 2.48. The van der Waals surface area contributed by atoms with Crippen LogP contribution in [0.5, 0.6) is 0 Å². The van der Waals surface area contributed by atoms with E-state index >= 15 is 0 Å². The lowest BCUT2D eigenvalue weighted by Crippen LogP contribution is -2.42. The maximum Gasteiger partial charge on any atom is 0.0639 e. The number of aliphatic hydroxyl groups is 1. The molecule has 88 valence electrons. The zero-order valence-corrected chi connectivity index (χ0v) is 9.78. The van der Waals surface area contributed by atoms with Crippen LogP contribution in [0.1, 0.15) is 39.0 Å². The van der Waals surface area contributed by atoms with Crippen molar-refractivity contribution in [2.24, 2.45) is 0 Å². The molecule has 15 heavy (non-hydrogen) atoms. The molecule has 2 fully saturated rings. The molecule has 2 unspecified atom stereocenters. The summed E-state index contributed by atoms with van der Waals surface area (Å²) < 4.78 is 0. The predicted octanol–water partition coefficient (Wildman–Crippen LogP) is 0.974. The SMILES string of the molecule is CC(O)CN1CCCCC(NC2CC2)C1. The number of likely N-dealkylation sites (tertiary alicyclic amines) is 1. The van der Waals surface area contributed by atoms with E-state index in [2.05, 4.69) is 10.2 Å². The summed E-state index contributed by atoms with van der Waals surface area (Å²) in [6.07, 6.45) is 6.48. The monoisotopic (exact) mass is 212 g/mol. The first kappa shape index (κ1) is 11.4. The highest BCUT2D eigenvalue weighted by Crippen LogP contribution is 2.21. The van der Waals surface area contributed by atoms with Crippen LogP contribution < -0.4 is 5.32 Å². The van der Waals surface area contributed by atoms with E-state index in [-0.39, 0.29) is 6.10 Å². The van der Waals surface area contributed by atoms with Crippen LogP contribution in [0.2, 0.25) is 0 Å². The van der Waals surface area contributed by atoms with Crippen LogP contribution in [0.15, 0.2) is 0 Å². The molecule has 1 aliphatic heterocycles. The summed E-state index contributed by atoms with van der Waals surface area (Å²) in [5, 5.41) is 13.1. The first-order valence-electron chi connectivity index (χ1n) is 6.40. The van der Waals surface area contributed by atoms with Gasteiger partial charge in [-0.15, -0.1) is 0 Å². The third-order valence-corrected chi connectivity index (χ3v) is 3.33. The van der Waals surface area contributed by atoms with E-state index in [4.69, 9.17) is 0 Å². The highest BCUT2D eigenvalue weighted by Gasteiger charge is 2.26. The van der Waals surface area contributed by atoms with Gasteiger partial charge in [-0.25, -0.2) is 0 Å². The van der Waals surface area contributed by atoms with Crippen LogP contribution >= 0.6 is 0 Å². The van der Waals surface area contributed by atoms with E-state index in [0.29, 0.717) is 6.04 Å². The molecular weight excluding hydrogens is 188 g/mol. The van der Waals surface area contributed by atoms with Crippen molar-refractivity contribution in [1.29, 1.82) is 0 Å². The minimum Gasteiger partial charge on any atom is -0.392 e. The average Bonchev–Trinajstić information content (AvgIpc) is 2.94. The third kappa shape index (κ3) is 4.09. The molecule has 1 saturated carbocycles. The van der Waals surface area contributed by atoms with E-state index in [1.165, 1.54) is 32.1 Å². The summed E-state index contributed by atoms with van der Waals surface area (Å²) in [6.45, 7) is 5.01. The van der Waals surface area contributed by atoms with Crippen LogP contribution in [0.4, 0.5) is 0 Å². The number of rotatable bonds is 4. The molecule has 0 aromatic rings. The van der Waals surface area contributed by atoms with Crippen molar-refractivity contribution in [2.45, 2.75) is 57.2 Å². The van der Waals surface area contributed by atoms with Gasteiger partial charge in [0, 0.05) is 25.2 Å². The Hall–Kier alpha value is -0.120. The summed E-state index contributed by atoms with van der Waals surface area (Å²) in [7, 11) is 0. The molecular formula is C12H24N2O. The lowest BCUT2D eigenvalue weighted by atomic mass is 10.1. The second-order valence-corrected chi connectivity index (χ2v) is 5.24. The van der Waals surface area contributed by atoms with Crippen molar-refractivity contribution in [3.8, 4) is 0 Å². The van der Waals surface area contributed by atoms with E-state index < -0.39 is 0 Å². The fraction of sp³-hybridized carbons (Fsp3) is 1.00. The van der Waals surface area contributed by atoms with Crippen LogP contribution in [0.3, 0.4) is 0 Å². The van der Waals surface area contributed by atoms with Crippen molar-refractivity contribution in [3.05, 3.63) is 0 Å². The Morgan fingerprint density at radius 2 is 2.07 bits per heavy atom. The Balaban J connectivity index is 1.78. The van der Waals surface area contributed by atoms with Crippen molar-refractivity contribution in [3.63, 3.8) is 0 Å². The molecule has 0 bridgehead atoms. The molecule has 3 nitrogen and oxygen atoms in total. The van der Waals surface area contributed by atoms with E-state index in [0.717, 1.165) is 25.7 Å². The van der Waals surface area contributed by atoms with Gasteiger partial charge in [-0.1, -0.05) is 6.42 Å². The Bertz CT molecular complexity index is 180. The molecule has 1 saturated heterocycles. The summed E-state index contributed by atoms with van der Waals surface area (Å²) in [4.78, 5) is 2.41. The molecule has 0 spiro atoms. The Morgan fingerprint density at radius 1 is 1.27 bits per heavy atom. The zero-order chi connectivity index (χ0) is 10.7. The summed E-state index contributed by atoms with van der Waals surface area (Å²) in [5.74, 6) is 0. The molecule has 1 heterocycles. The van der Waals surface area contributed by atoms with Crippen LogP contribution in [-0.4, -0.2) is 47.8 Å². The van der Waals surface area contributed by atoms with E-state index in [9.17, 15) is 5.11 Å². The first-order valence-corrected chi connectivity index (χ1v) is 6.40. The van der Waals surface area contributed by atoms with Gasteiger partial charge in [0.25, 0.3) is 0 Å². The molecule has 0 amide bonds. The van der Waals surface area contributed by atoms with Gasteiger partial charge in [0.2, 0.25) is 0 Å². The van der Waals surface area contributed by atoms with Gasteiger partial charge in [0.05, 0.1) is 6.10 Å². The van der Waals surface area contributed by atoms with Gasteiger partial charge >= 0.3 is 0 Å². The number of nitrogens with zero attached hydrogens (tertiary/aromatic N) is 1. The highest BCUT2D eigenvalue weighted by molar-refractivity contribution is 4.87. The standard InChI is InChI=1S/C12H24N2O/c1-10(15)8-14-7-3-2-4-12(9-14)13-11-5-6-11/h10-13,15H,2-9H2,1H3. The molecule has 0 radical (unpaired) electrons. The maximum absolute atomic E-state index is 9.41. The van der Waals surface area contributed by atoms with Crippen molar-refractivity contribution < 1.29 is 5.11 Å². The minimum atomic E-state index is -0.190. The number of hydrogen-bond donors (Lipinski definition) is 2. The predicted molar refractivity (Wildman–Crippen MR) is 61.9 cm³/mol. The molecule has 0 aromatic heterocycles. The van der Waals surface area contributed by atoms with Gasteiger partial charge in [-0.05, 0) is 39.2 Å². The minimum absolute atomic E-state index is 0.190. The molecule has 2 aliphatic rings. The van der Waals surface area contributed by atoms with Crippen LogP contribution in [0, 0.1) is 0 Å². The van der Waals surface area contributed by atoms with Crippen LogP contribution in [0.25, 0.3) is 0 Å². The number of hydrogen-bond acceptors (Lipinski definition) is 3. The van der Waals surface area contributed by atoms with Gasteiger partial charge in [0.15, 0.2) is 0 Å². The number of aliphatic hydroxyl groups excluding tert-OH is 1. The lowest BCUT2D eigenvalue weighted by Gasteiger charge is -2.26. The van der Waals surface area contributed by atoms with Crippen molar-refractivity contribution in [1.82, 2.24) is 10.2 Å². The molecule has 2 N–H and O–H groups in total. The van der Waals surface area contributed by atoms with Crippen molar-refractivity contribution in [2.75, 3.05) is 19.6 Å². The smallest absolute Gasteiger partial charge is 0.0639 e.